The second-order valence-corrected chi connectivity index (χ2v) is 7.21. The van der Waals surface area contributed by atoms with Gasteiger partial charge in [0.25, 0.3) is 5.17 Å². The highest BCUT2D eigenvalue weighted by Gasteiger charge is 2.39. The fourth-order valence-corrected chi connectivity index (χ4v) is 4.15. The maximum absolute atomic E-state index is 11.4. The third-order valence-electron chi connectivity index (χ3n) is 2.79. The van der Waals surface area contributed by atoms with Crippen molar-refractivity contribution in [3.05, 3.63) is 0 Å². The van der Waals surface area contributed by atoms with Gasteiger partial charge in [0.05, 0.1) is 23.1 Å². The van der Waals surface area contributed by atoms with Crippen molar-refractivity contribution in [2.45, 2.75) is 45.3 Å². The Kier molecular flexibility index (Phi) is 4.17. The van der Waals surface area contributed by atoms with E-state index in [9.17, 15) is 8.42 Å². The van der Waals surface area contributed by atoms with Gasteiger partial charge in [0.2, 0.25) is 0 Å². The van der Waals surface area contributed by atoms with Crippen LogP contribution in [0.3, 0.4) is 0 Å². The third kappa shape index (κ3) is 3.90. The SMILES string of the molecule is CCC(C)OC(=S)NC1(C)CCS(=O)(=O)C1. The largest absolute Gasteiger partial charge is 0.468 e. The number of thiocarbonyl (C=S) groups is 1. The van der Waals surface area contributed by atoms with Gasteiger partial charge in [0.1, 0.15) is 0 Å². The van der Waals surface area contributed by atoms with Crippen LogP contribution in [0.4, 0.5) is 0 Å². The van der Waals surface area contributed by atoms with E-state index in [4.69, 9.17) is 17.0 Å². The molecule has 1 fully saturated rings. The van der Waals surface area contributed by atoms with E-state index in [2.05, 4.69) is 5.32 Å². The van der Waals surface area contributed by atoms with Crippen molar-refractivity contribution in [1.29, 1.82) is 0 Å². The van der Waals surface area contributed by atoms with Crippen molar-refractivity contribution < 1.29 is 13.2 Å². The average molecular weight is 265 g/mol. The molecular weight excluding hydrogens is 246 g/mol. The molecule has 1 aliphatic heterocycles. The van der Waals surface area contributed by atoms with Gasteiger partial charge in [0.15, 0.2) is 9.84 Å². The molecule has 2 unspecified atom stereocenters. The molecule has 1 N–H and O–H groups in total. The number of nitrogens with one attached hydrogen (secondary N) is 1. The molecule has 0 aromatic carbocycles. The molecule has 6 heteroatoms. The quantitative estimate of drug-likeness (QED) is 0.778. The molecule has 94 valence electrons. The minimum Gasteiger partial charge on any atom is -0.468 e. The van der Waals surface area contributed by atoms with Crippen molar-refractivity contribution >= 4 is 27.2 Å². The summed E-state index contributed by atoms with van der Waals surface area (Å²) in [7, 11) is -2.91. The van der Waals surface area contributed by atoms with Crippen LogP contribution >= 0.6 is 12.2 Å². The van der Waals surface area contributed by atoms with E-state index < -0.39 is 15.4 Å². The summed E-state index contributed by atoms with van der Waals surface area (Å²) in [5.74, 6) is 0.354. The van der Waals surface area contributed by atoms with Crippen LogP contribution in [-0.4, -0.2) is 36.7 Å². The third-order valence-corrected chi connectivity index (χ3v) is 4.89. The molecule has 0 aromatic rings. The lowest BCUT2D eigenvalue weighted by molar-refractivity contribution is 0.193. The molecule has 0 aromatic heterocycles. The van der Waals surface area contributed by atoms with E-state index in [1.807, 2.05) is 20.8 Å². The smallest absolute Gasteiger partial charge is 0.257 e. The molecule has 0 saturated carbocycles. The van der Waals surface area contributed by atoms with E-state index in [0.717, 1.165) is 6.42 Å². The van der Waals surface area contributed by atoms with Gasteiger partial charge in [-0.3, -0.25) is 0 Å². The molecule has 0 aliphatic carbocycles. The highest BCUT2D eigenvalue weighted by molar-refractivity contribution is 7.91. The predicted molar refractivity (Wildman–Crippen MR) is 68.2 cm³/mol. The Morgan fingerprint density at radius 1 is 1.62 bits per heavy atom. The predicted octanol–water partition coefficient (Wildman–Crippen LogP) is 1.25. The van der Waals surface area contributed by atoms with Crippen molar-refractivity contribution in [3.8, 4) is 0 Å². The van der Waals surface area contributed by atoms with Crippen LogP contribution in [0.5, 0.6) is 0 Å². The van der Waals surface area contributed by atoms with Gasteiger partial charge in [-0.25, -0.2) is 8.42 Å². The summed E-state index contributed by atoms with van der Waals surface area (Å²) < 4.78 is 28.2. The molecule has 4 nitrogen and oxygen atoms in total. The first-order chi connectivity index (χ1) is 7.26. The maximum atomic E-state index is 11.4. The van der Waals surface area contributed by atoms with Crippen LogP contribution in [0.2, 0.25) is 0 Å². The topological polar surface area (TPSA) is 55.4 Å². The summed E-state index contributed by atoms with van der Waals surface area (Å²) in [6.07, 6.45) is 1.51. The molecule has 0 radical (unpaired) electrons. The molecule has 2 atom stereocenters. The maximum Gasteiger partial charge on any atom is 0.257 e. The average Bonchev–Trinajstić information content (AvgIpc) is 2.39. The van der Waals surface area contributed by atoms with Crippen LogP contribution in [-0.2, 0) is 14.6 Å². The highest BCUT2D eigenvalue weighted by atomic mass is 32.2. The standard InChI is InChI=1S/C10H19NO3S2/c1-4-8(2)14-9(15)11-10(3)5-6-16(12,13)7-10/h8H,4-7H2,1-3H3,(H,11,15). The fourth-order valence-electron chi connectivity index (χ4n) is 1.65. The summed E-state index contributed by atoms with van der Waals surface area (Å²) in [6, 6.07) is 0. The van der Waals surface area contributed by atoms with E-state index in [1.165, 1.54) is 0 Å². The van der Waals surface area contributed by atoms with E-state index in [-0.39, 0.29) is 17.6 Å². The Morgan fingerprint density at radius 3 is 2.69 bits per heavy atom. The number of rotatable bonds is 3. The molecular formula is C10H19NO3S2. The summed E-state index contributed by atoms with van der Waals surface area (Å²) in [4.78, 5) is 0. The van der Waals surface area contributed by atoms with E-state index >= 15 is 0 Å². The highest BCUT2D eigenvalue weighted by Crippen LogP contribution is 2.23. The first-order valence-corrected chi connectivity index (χ1v) is 7.68. The molecule has 1 saturated heterocycles. The van der Waals surface area contributed by atoms with Gasteiger partial charge in [-0.2, -0.15) is 0 Å². The van der Waals surface area contributed by atoms with Crippen molar-refractivity contribution in [3.63, 3.8) is 0 Å². The lowest BCUT2D eigenvalue weighted by Crippen LogP contribution is -2.47. The molecule has 0 spiro atoms. The second kappa shape index (κ2) is 4.87. The monoisotopic (exact) mass is 265 g/mol. The summed E-state index contributed by atoms with van der Waals surface area (Å²) in [6.45, 7) is 5.81. The van der Waals surface area contributed by atoms with Crippen LogP contribution in [0.25, 0.3) is 0 Å². The minimum absolute atomic E-state index is 0.0570. The number of ether oxygens (including phenoxy) is 1. The zero-order valence-corrected chi connectivity index (χ0v) is 11.6. The van der Waals surface area contributed by atoms with Crippen LogP contribution < -0.4 is 5.32 Å². The Balaban J connectivity index is 2.52. The number of hydrogen-bond donors (Lipinski definition) is 1. The normalized spacial score (nSPS) is 29.7. The van der Waals surface area contributed by atoms with Crippen LogP contribution in [0.1, 0.15) is 33.6 Å². The van der Waals surface area contributed by atoms with Gasteiger partial charge >= 0.3 is 0 Å². The minimum atomic E-state index is -2.91. The summed E-state index contributed by atoms with van der Waals surface area (Å²) in [5, 5.41) is 3.31. The van der Waals surface area contributed by atoms with Crippen molar-refractivity contribution in [2.75, 3.05) is 11.5 Å². The van der Waals surface area contributed by atoms with Gasteiger partial charge in [-0.05, 0) is 38.9 Å². The molecule has 1 aliphatic rings. The van der Waals surface area contributed by atoms with Gasteiger partial charge in [-0.1, -0.05) is 6.92 Å². The Hall–Kier alpha value is -0.360. The number of hydrogen-bond acceptors (Lipinski definition) is 4. The first kappa shape index (κ1) is 13.7. The molecule has 16 heavy (non-hydrogen) atoms. The lowest BCUT2D eigenvalue weighted by Gasteiger charge is -2.26. The van der Waals surface area contributed by atoms with Crippen molar-refractivity contribution in [2.24, 2.45) is 0 Å². The Labute approximate surface area is 103 Å². The van der Waals surface area contributed by atoms with Gasteiger partial charge < -0.3 is 10.1 Å². The van der Waals surface area contributed by atoms with Crippen LogP contribution in [0.15, 0.2) is 0 Å². The first-order valence-electron chi connectivity index (χ1n) is 5.45. The van der Waals surface area contributed by atoms with Gasteiger partial charge in [-0.15, -0.1) is 0 Å². The zero-order valence-electron chi connectivity index (χ0n) is 9.95. The molecule has 1 rings (SSSR count). The summed E-state index contributed by atoms with van der Waals surface area (Å²) >= 11 is 5.05. The lowest BCUT2D eigenvalue weighted by atomic mass is 10.0. The molecule has 0 amide bonds. The van der Waals surface area contributed by atoms with E-state index in [0.29, 0.717) is 11.6 Å². The number of sulfone groups is 1. The second-order valence-electron chi connectivity index (χ2n) is 4.65. The summed E-state index contributed by atoms with van der Waals surface area (Å²) in [5.41, 5.74) is -0.469. The molecule has 1 heterocycles. The van der Waals surface area contributed by atoms with Gasteiger partial charge in [0, 0.05) is 0 Å². The Morgan fingerprint density at radius 2 is 2.25 bits per heavy atom. The van der Waals surface area contributed by atoms with Crippen molar-refractivity contribution in [1.82, 2.24) is 5.32 Å². The zero-order chi connectivity index (χ0) is 12.4. The van der Waals surface area contributed by atoms with Crippen LogP contribution in [0, 0.1) is 0 Å². The molecule has 0 bridgehead atoms. The Bertz CT molecular complexity index is 366. The fraction of sp³-hybridized carbons (Fsp3) is 0.900. The van der Waals surface area contributed by atoms with E-state index in [1.54, 1.807) is 0 Å².